The number of ether oxygens (including phenoxy) is 2. The normalized spacial score (nSPS) is 10.0. The minimum Gasteiger partial charge on any atom is -0.481 e. The van der Waals surface area contributed by atoms with Gasteiger partial charge in [-0.1, -0.05) is 6.07 Å². The summed E-state index contributed by atoms with van der Waals surface area (Å²) in [6, 6.07) is 5.53. The fraction of sp³-hybridized carbons (Fsp3) is 0.308. The van der Waals surface area contributed by atoms with Gasteiger partial charge in [-0.3, -0.25) is 0 Å². The first-order valence-corrected chi connectivity index (χ1v) is 5.99. The zero-order valence-corrected chi connectivity index (χ0v) is 11.0. The van der Waals surface area contributed by atoms with Crippen molar-refractivity contribution in [1.82, 2.24) is 15.0 Å². The van der Waals surface area contributed by atoms with Gasteiger partial charge in [0.05, 0.1) is 13.7 Å². The second-order valence-corrected chi connectivity index (χ2v) is 3.74. The number of hydrogen-bond donors (Lipinski definition) is 1. The molecule has 2 aromatic rings. The Morgan fingerprint density at radius 3 is 2.74 bits per heavy atom. The SMILES string of the molecule is CCOc1cc(NCc2ccc(OC)nc2)ncn1. The molecule has 0 saturated carbocycles. The van der Waals surface area contributed by atoms with E-state index in [-0.39, 0.29) is 0 Å². The lowest BCUT2D eigenvalue weighted by Gasteiger charge is -2.07. The van der Waals surface area contributed by atoms with Crippen LogP contribution in [0.25, 0.3) is 0 Å². The molecule has 0 aromatic carbocycles. The molecule has 0 spiro atoms. The third-order valence-electron chi connectivity index (χ3n) is 2.41. The second-order valence-electron chi connectivity index (χ2n) is 3.74. The first-order chi connectivity index (χ1) is 9.31. The molecule has 2 aromatic heterocycles. The van der Waals surface area contributed by atoms with Gasteiger partial charge in [0.2, 0.25) is 11.8 Å². The molecular formula is C13H16N4O2. The molecule has 100 valence electrons. The number of rotatable bonds is 6. The van der Waals surface area contributed by atoms with Crippen LogP contribution < -0.4 is 14.8 Å². The Morgan fingerprint density at radius 2 is 2.05 bits per heavy atom. The van der Waals surface area contributed by atoms with E-state index in [1.54, 1.807) is 19.4 Å². The van der Waals surface area contributed by atoms with Crippen LogP contribution in [0.3, 0.4) is 0 Å². The molecule has 0 aliphatic carbocycles. The van der Waals surface area contributed by atoms with E-state index in [1.807, 2.05) is 19.1 Å². The van der Waals surface area contributed by atoms with Crippen LogP contribution in [0.2, 0.25) is 0 Å². The Hall–Kier alpha value is -2.37. The smallest absolute Gasteiger partial charge is 0.218 e. The summed E-state index contributed by atoms with van der Waals surface area (Å²) in [6.45, 7) is 3.12. The van der Waals surface area contributed by atoms with E-state index < -0.39 is 0 Å². The lowest BCUT2D eigenvalue weighted by atomic mass is 10.3. The molecule has 0 saturated heterocycles. The van der Waals surface area contributed by atoms with Crippen molar-refractivity contribution >= 4 is 5.82 Å². The van der Waals surface area contributed by atoms with E-state index in [9.17, 15) is 0 Å². The average molecular weight is 260 g/mol. The first kappa shape index (κ1) is 13.1. The van der Waals surface area contributed by atoms with Gasteiger partial charge < -0.3 is 14.8 Å². The molecule has 19 heavy (non-hydrogen) atoms. The quantitative estimate of drug-likeness (QED) is 0.855. The van der Waals surface area contributed by atoms with Crippen molar-refractivity contribution in [1.29, 1.82) is 0 Å². The Bertz CT molecular complexity index is 516. The summed E-state index contributed by atoms with van der Waals surface area (Å²) >= 11 is 0. The zero-order valence-electron chi connectivity index (χ0n) is 11.0. The van der Waals surface area contributed by atoms with Crippen molar-refractivity contribution in [3.05, 3.63) is 36.3 Å². The van der Waals surface area contributed by atoms with Gasteiger partial charge in [0.15, 0.2) is 0 Å². The molecule has 0 atom stereocenters. The Labute approximate surface area is 111 Å². The van der Waals surface area contributed by atoms with E-state index in [2.05, 4.69) is 20.3 Å². The van der Waals surface area contributed by atoms with E-state index in [0.29, 0.717) is 30.7 Å². The number of anilines is 1. The van der Waals surface area contributed by atoms with Crippen LogP contribution in [0.15, 0.2) is 30.7 Å². The molecule has 6 nitrogen and oxygen atoms in total. The Morgan fingerprint density at radius 1 is 1.16 bits per heavy atom. The van der Waals surface area contributed by atoms with Crippen LogP contribution in [-0.2, 0) is 6.54 Å². The Balaban J connectivity index is 1.95. The predicted octanol–water partition coefficient (Wildman–Crippen LogP) is 1.89. The largest absolute Gasteiger partial charge is 0.481 e. The molecule has 0 aliphatic rings. The summed E-state index contributed by atoms with van der Waals surface area (Å²) in [5, 5.41) is 3.19. The summed E-state index contributed by atoms with van der Waals surface area (Å²) in [4.78, 5) is 12.3. The number of nitrogens with one attached hydrogen (secondary N) is 1. The highest BCUT2D eigenvalue weighted by Gasteiger charge is 2.00. The van der Waals surface area contributed by atoms with Crippen LogP contribution in [-0.4, -0.2) is 28.7 Å². The van der Waals surface area contributed by atoms with Crippen molar-refractivity contribution in [2.45, 2.75) is 13.5 Å². The van der Waals surface area contributed by atoms with Gasteiger partial charge in [0.25, 0.3) is 0 Å². The van der Waals surface area contributed by atoms with Crippen molar-refractivity contribution in [3.63, 3.8) is 0 Å². The summed E-state index contributed by atoms with van der Waals surface area (Å²) in [5.41, 5.74) is 1.04. The number of aromatic nitrogens is 3. The number of hydrogen-bond acceptors (Lipinski definition) is 6. The standard InChI is InChI=1S/C13H16N4O2/c1-3-19-13-6-11(16-9-17-13)14-7-10-4-5-12(18-2)15-8-10/h4-6,8-9H,3,7H2,1-2H3,(H,14,16,17). The summed E-state index contributed by atoms with van der Waals surface area (Å²) in [5.74, 6) is 1.88. The zero-order chi connectivity index (χ0) is 13.5. The topological polar surface area (TPSA) is 69.2 Å². The van der Waals surface area contributed by atoms with Gasteiger partial charge in [-0.2, -0.15) is 0 Å². The van der Waals surface area contributed by atoms with Gasteiger partial charge >= 0.3 is 0 Å². The van der Waals surface area contributed by atoms with Crippen LogP contribution in [0.1, 0.15) is 12.5 Å². The fourth-order valence-electron chi connectivity index (χ4n) is 1.49. The van der Waals surface area contributed by atoms with Crippen LogP contribution in [0.4, 0.5) is 5.82 Å². The van der Waals surface area contributed by atoms with Gasteiger partial charge in [-0.15, -0.1) is 0 Å². The highest BCUT2D eigenvalue weighted by Crippen LogP contribution is 2.12. The van der Waals surface area contributed by atoms with Gasteiger partial charge in [-0.05, 0) is 12.5 Å². The number of methoxy groups -OCH3 is 1. The monoisotopic (exact) mass is 260 g/mol. The molecule has 0 amide bonds. The molecule has 0 fully saturated rings. The second kappa shape index (κ2) is 6.53. The summed E-state index contributed by atoms with van der Waals surface area (Å²) in [7, 11) is 1.59. The maximum Gasteiger partial charge on any atom is 0.218 e. The minimum absolute atomic E-state index is 0.563. The molecule has 6 heteroatoms. The van der Waals surface area contributed by atoms with Crippen LogP contribution >= 0.6 is 0 Å². The molecule has 2 rings (SSSR count). The first-order valence-electron chi connectivity index (χ1n) is 5.99. The molecule has 0 unspecified atom stereocenters. The molecular weight excluding hydrogens is 244 g/mol. The summed E-state index contributed by atoms with van der Waals surface area (Å²) in [6.07, 6.45) is 3.23. The molecule has 1 N–H and O–H groups in total. The lowest BCUT2D eigenvalue weighted by molar-refractivity contribution is 0.326. The number of pyridine rings is 1. The molecule has 0 aliphatic heterocycles. The van der Waals surface area contributed by atoms with E-state index in [1.165, 1.54) is 6.33 Å². The van der Waals surface area contributed by atoms with Crippen molar-refractivity contribution in [2.24, 2.45) is 0 Å². The van der Waals surface area contributed by atoms with Gasteiger partial charge in [0, 0.05) is 24.9 Å². The van der Waals surface area contributed by atoms with Crippen molar-refractivity contribution < 1.29 is 9.47 Å². The van der Waals surface area contributed by atoms with E-state index in [0.717, 1.165) is 5.56 Å². The predicted molar refractivity (Wildman–Crippen MR) is 71.3 cm³/mol. The molecule has 2 heterocycles. The molecule has 0 radical (unpaired) electrons. The minimum atomic E-state index is 0.563. The van der Waals surface area contributed by atoms with Gasteiger partial charge in [-0.25, -0.2) is 15.0 Å². The number of nitrogens with zero attached hydrogens (tertiary/aromatic N) is 3. The van der Waals surface area contributed by atoms with Gasteiger partial charge in [0.1, 0.15) is 12.1 Å². The Kier molecular flexibility index (Phi) is 4.49. The average Bonchev–Trinajstić information content (AvgIpc) is 2.46. The van der Waals surface area contributed by atoms with Crippen LogP contribution in [0.5, 0.6) is 11.8 Å². The lowest BCUT2D eigenvalue weighted by Crippen LogP contribution is -2.03. The third-order valence-corrected chi connectivity index (χ3v) is 2.41. The maximum absolute atomic E-state index is 5.31. The van der Waals surface area contributed by atoms with Crippen LogP contribution in [0, 0.1) is 0 Å². The fourth-order valence-corrected chi connectivity index (χ4v) is 1.49. The highest BCUT2D eigenvalue weighted by atomic mass is 16.5. The van der Waals surface area contributed by atoms with E-state index >= 15 is 0 Å². The molecule has 0 bridgehead atoms. The van der Waals surface area contributed by atoms with Crippen molar-refractivity contribution in [2.75, 3.05) is 19.0 Å². The third kappa shape index (κ3) is 3.80. The van der Waals surface area contributed by atoms with E-state index in [4.69, 9.17) is 9.47 Å². The highest BCUT2D eigenvalue weighted by molar-refractivity contribution is 5.38. The van der Waals surface area contributed by atoms with Crippen molar-refractivity contribution in [3.8, 4) is 11.8 Å². The summed E-state index contributed by atoms with van der Waals surface area (Å²) < 4.78 is 10.3. The maximum atomic E-state index is 5.31.